The van der Waals surface area contributed by atoms with Gasteiger partial charge in [0.15, 0.2) is 6.10 Å². The molecule has 154 valence electrons. The predicted octanol–water partition coefficient (Wildman–Crippen LogP) is 6.38. The smallest absolute Gasteiger partial charge is 0.227 e. The number of aromatic nitrogens is 3. The van der Waals surface area contributed by atoms with Crippen molar-refractivity contribution < 1.29 is 4.74 Å². The summed E-state index contributed by atoms with van der Waals surface area (Å²) in [7, 11) is 0. The summed E-state index contributed by atoms with van der Waals surface area (Å²) in [6, 6.07) is 20.7. The highest BCUT2D eigenvalue weighted by atomic mass is 79.9. The maximum absolute atomic E-state index is 6.61. The number of rotatable bonds is 3. The van der Waals surface area contributed by atoms with Crippen molar-refractivity contribution in [1.82, 2.24) is 14.8 Å². The van der Waals surface area contributed by atoms with Crippen LogP contribution >= 0.6 is 39.0 Å². The molecule has 2 atom stereocenters. The van der Waals surface area contributed by atoms with Gasteiger partial charge in [-0.3, -0.25) is 0 Å². The van der Waals surface area contributed by atoms with Crippen LogP contribution in [0.4, 0.5) is 5.95 Å². The highest BCUT2D eigenvalue weighted by Crippen LogP contribution is 2.51. The van der Waals surface area contributed by atoms with E-state index >= 15 is 0 Å². The number of thiophene rings is 1. The van der Waals surface area contributed by atoms with E-state index in [0.717, 1.165) is 43.7 Å². The molecule has 0 spiro atoms. The van der Waals surface area contributed by atoms with Gasteiger partial charge in [-0.05, 0) is 47.5 Å². The number of hydrogen-bond acceptors (Lipinski definition) is 6. The van der Waals surface area contributed by atoms with E-state index in [0.29, 0.717) is 0 Å². The Balaban J connectivity index is 1.64. The lowest BCUT2D eigenvalue weighted by Crippen LogP contribution is -2.32. The minimum absolute atomic E-state index is 0.131. The standard InChI is InChI=1S/C23H17BrN4OS2/c1-30-23-26-22-25-19-15-5-2-3-6-16(15)29-21(17-7-4-12-31-17)18(19)20(28(22)27-23)13-8-10-14(24)11-9-13/h2-12,20-21H,1H3,(H,25,26,27)/t20-,21+/m0/s1. The van der Waals surface area contributed by atoms with Crippen LogP contribution in [0.2, 0.25) is 0 Å². The normalized spacial score (nSPS) is 19.2. The molecule has 0 bridgehead atoms. The van der Waals surface area contributed by atoms with Gasteiger partial charge in [0.1, 0.15) is 11.8 Å². The van der Waals surface area contributed by atoms with E-state index in [1.807, 2.05) is 29.1 Å². The molecule has 0 saturated heterocycles. The van der Waals surface area contributed by atoms with E-state index in [9.17, 15) is 0 Å². The Bertz CT molecular complexity index is 1300. The highest BCUT2D eigenvalue weighted by Gasteiger charge is 2.41. The third kappa shape index (κ3) is 3.12. The first-order valence-corrected chi connectivity index (χ1v) is 12.7. The van der Waals surface area contributed by atoms with Crippen molar-refractivity contribution in [2.45, 2.75) is 17.3 Å². The molecule has 2 aliphatic heterocycles. The lowest BCUT2D eigenvalue weighted by molar-refractivity contribution is 0.226. The molecule has 5 nitrogen and oxygen atoms in total. The van der Waals surface area contributed by atoms with E-state index in [1.54, 1.807) is 23.1 Å². The summed E-state index contributed by atoms with van der Waals surface area (Å²) < 4.78 is 9.64. The van der Waals surface area contributed by atoms with Crippen molar-refractivity contribution in [1.29, 1.82) is 0 Å². The molecule has 2 aromatic carbocycles. The fraction of sp³-hybridized carbons (Fsp3) is 0.130. The van der Waals surface area contributed by atoms with Crippen LogP contribution in [-0.2, 0) is 0 Å². The summed E-state index contributed by atoms with van der Waals surface area (Å²) in [4.78, 5) is 5.90. The summed E-state index contributed by atoms with van der Waals surface area (Å²) in [5, 5.41) is 11.2. The fourth-order valence-electron chi connectivity index (χ4n) is 4.19. The molecule has 0 aliphatic carbocycles. The Hall–Kier alpha value is -2.55. The predicted molar refractivity (Wildman–Crippen MR) is 129 cm³/mol. The summed E-state index contributed by atoms with van der Waals surface area (Å²) in [5.41, 5.74) is 4.39. The SMILES string of the molecule is CSc1nc2n(n1)[C@@H](c1ccc(Br)cc1)C1=C(N2)c2ccccc2O[C@@H]1c1cccs1. The summed E-state index contributed by atoms with van der Waals surface area (Å²) in [5.74, 6) is 1.62. The molecule has 31 heavy (non-hydrogen) atoms. The van der Waals surface area contributed by atoms with Crippen LogP contribution in [0.25, 0.3) is 5.70 Å². The van der Waals surface area contributed by atoms with Gasteiger partial charge in [0, 0.05) is 20.5 Å². The van der Waals surface area contributed by atoms with Crippen LogP contribution in [0.3, 0.4) is 0 Å². The number of hydrogen-bond donors (Lipinski definition) is 1. The Kier molecular flexibility index (Phi) is 4.66. The first-order chi connectivity index (χ1) is 15.2. The molecule has 1 N–H and O–H groups in total. The quantitative estimate of drug-likeness (QED) is 0.325. The number of nitrogens with zero attached hydrogens (tertiary/aromatic N) is 3. The van der Waals surface area contributed by atoms with Crippen molar-refractivity contribution in [2.24, 2.45) is 0 Å². The molecule has 6 rings (SSSR count). The number of thioether (sulfide) groups is 1. The monoisotopic (exact) mass is 508 g/mol. The van der Waals surface area contributed by atoms with Crippen LogP contribution in [0.5, 0.6) is 5.75 Å². The zero-order valence-electron chi connectivity index (χ0n) is 16.4. The van der Waals surface area contributed by atoms with Crippen LogP contribution in [0.1, 0.15) is 28.1 Å². The van der Waals surface area contributed by atoms with Crippen molar-refractivity contribution in [2.75, 3.05) is 11.6 Å². The Labute approximate surface area is 196 Å². The number of fused-ring (bicyclic) bond motifs is 3. The summed E-state index contributed by atoms with van der Waals surface area (Å²) in [6.45, 7) is 0. The second-order valence-electron chi connectivity index (χ2n) is 7.29. The zero-order valence-corrected chi connectivity index (χ0v) is 19.7. The van der Waals surface area contributed by atoms with Crippen LogP contribution < -0.4 is 10.1 Å². The maximum Gasteiger partial charge on any atom is 0.227 e. The third-order valence-corrected chi connectivity index (χ3v) is 7.51. The zero-order chi connectivity index (χ0) is 20.9. The molecule has 0 unspecified atom stereocenters. The fourth-order valence-corrected chi connectivity index (χ4v) is 5.57. The lowest BCUT2D eigenvalue weighted by atomic mass is 9.87. The van der Waals surface area contributed by atoms with Gasteiger partial charge in [0.25, 0.3) is 0 Å². The third-order valence-electron chi connectivity index (χ3n) is 5.53. The number of para-hydroxylation sites is 1. The lowest BCUT2D eigenvalue weighted by Gasteiger charge is -2.38. The van der Waals surface area contributed by atoms with E-state index in [1.165, 1.54) is 4.88 Å². The average Bonchev–Trinajstić information content (AvgIpc) is 3.47. The van der Waals surface area contributed by atoms with Gasteiger partial charge in [-0.15, -0.1) is 16.4 Å². The minimum atomic E-state index is -0.207. The van der Waals surface area contributed by atoms with Gasteiger partial charge in [0.2, 0.25) is 11.1 Å². The number of anilines is 1. The maximum atomic E-state index is 6.61. The average molecular weight is 509 g/mol. The van der Waals surface area contributed by atoms with Gasteiger partial charge in [-0.2, -0.15) is 4.98 Å². The van der Waals surface area contributed by atoms with Crippen LogP contribution in [0, 0.1) is 0 Å². The van der Waals surface area contributed by atoms with Gasteiger partial charge in [-0.1, -0.05) is 58.0 Å². The topological polar surface area (TPSA) is 52.0 Å². The molecular formula is C23H17BrN4OS2. The van der Waals surface area contributed by atoms with Crippen LogP contribution in [-0.4, -0.2) is 21.0 Å². The number of nitrogens with one attached hydrogen (secondary N) is 1. The molecular weight excluding hydrogens is 492 g/mol. The molecule has 2 aromatic heterocycles. The largest absolute Gasteiger partial charge is 0.480 e. The summed E-state index contributed by atoms with van der Waals surface area (Å²) >= 11 is 6.81. The van der Waals surface area contributed by atoms with Gasteiger partial charge < -0.3 is 10.1 Å². The molecule has 0 amide bonds. The molecule has 4 heterocycles. The van der Waals surface area contributed by atoms with Crippen molar-refractivity contribution in [3.63, 3.8) is 0 Å². The minimum Gasteiger partial charge on any atom is -0.480 e. The van der Waals surface area contributed by atoms with Crippen molar-refractivity contribution in [3.8, 4) is 5.75 Å². The Morgan fingerprint density at radius 3 is 2.71 bits per heavy atom. The first kappa shape index (κ1) is 19.2. The number of halogens is 1. The summed E-state index contributed by atoms with van der Waals surface area (Å²) in [6.07, 6.45) is 1.79. The Morgan fingerprint density at radius 1 is 1.10 bits per heavy atom. The van der Waals surface area contributed by atoms with E-state index in [4.69, 9.17) is 14.8 Å². The van der Waals surface area contributed by atoms with Gasteiger partial charge in [-0.25, -0.2) is 4.68 Å². The number of ether oxygens (including phenoxy) is 1. The van der Waals surface area contributed by atoms with E-state index in [-0.39, 0.29) is 12.1 Å². The van der Waals surface area contributed by atoms with Gasteiger partial charge >= 0.3 is 0 Å². The van der Waals surface area contributed by atoms with Crippen molar-refractivity contribution >= 4 is 50.7 Å². The Morgan fingerprint density at radius 2 is 1.94 bits per heavy atom. The van der Waals surface area contributed by atoms with E-state index < -0.39 is 0 Å². The second-order valence-corrected chi connectivity index (χ2v) is 9.95. The highest BCUT2D eigenvalue weighted by molar-refractivity contribution is 9.10. The van der Waals surface area contributed by atoms with E-state index in [2.05, 4.69) is 69.1 Å². The molecule has 8 heteroatoms. The molecule has 0 saturated carbocycles. The number of benzene rings is 2. The molecule has 0 fully saturated rings. The molecule has 2 aliphatic rings. The second kappa shape index (κ2) is 7.55. The molecule has 0 radical (unpaired) electrons. The van der Waals surface area contributed by atoms with Crippen LogP contribution in [0.15, 0.2) is 81.2 Å². The first-order valence-electron chi connectivity index (χ1n) is 9.79. The van der Waals surface area contributed by atoms with Gasteiger partial charge in [0.05, 0.1) is 5.70 Å². The van der Waals surface area contributed by atoms with Crippen molar-refractivity contribution in [3.05, 3.63) is 92.1 Å². The molecule has 4 aromatic rings.